The normalized spacial score (nSPS) is 13.9. The maximum Gasteiger partial charge on any atom is 0.251 e. The minimum absolute atomic E-state index is 0.0861. The van der Waals surface area contributed by atoms with E-state index < -0.39 is 0 Å². The quantitative estimate of drug-likeness (QED) is 0.882. The molecule has 2 amide bonds. The molecule has 0 heterocycles. The van der Waals surface area contributed by atoms with Crippen molar-refractivity contribution < 1.29 is 9.59 Å². The Kier molecular flexibility index (Phi) is 4.94. The zero-order valence-corrected chi connectivity index (χ0v) is 13.8. The molecule has 0 saturated heterocycles. The summed E-state index contributed by atoms with van der Waals surface area (Å²) >= 11 is 0. The van der Waals surface area contributed by atoms with Crippen LogP contribution in [0.15, 0.2) is 48.5 Å². The van der Waals surface area contributed by atoms with Crippen LogP contribution < -0.4 is 10.6 Å². The average Bonchev–Trinajstić information content (AvgIpc) is 2.51. The lowest BCUT2D eigenvalue weighted by molar-refractivity contribution is -0.122. The second-order valence-electron chi connectivity index (χ2n) is 6.32. The van der Waals surface area contributed by atoms with E-state index in [1.165, 1.54) is 0 Å². The van der Waals surface area contributed by atoms with Gasteiger partial charge in [-0.25, -0.2) is 0 Å². The molecule has 0 atom stereocenters. The molecule has 4 nitrogen and oxygen atoms in total. The van der Waals surface area contributed by atoms with E-state index in [1.807, 2.05) is 55.5 Å². The van der Waals surface area contributed by atoms with Gasteiger partial charge in [-0.15, -0.1) is 0 Å². The van der Waals surface area contributed by atoms with Gasteiger partial charge in [0.2, 0.25) is 5.91 Å². The number of aryl methyl sites for hydroxylation is 1. The van der Waals surface area contributed by atoms with Gasteiger partial charge in [0.25, 0.3) is 5.91 Å². The number of carbonyl (C=O) groups is 2. The first-order chi connectivity index (χ1) is 11.6. The van der Waals surface area contributed by atoms with Crippen molar-refractivity contribution in [2.45, 2.75) is 32.7 Å². The molecule has 1 aliphatic rings. The number of carbonyl (C=O) groups excluding carboxylic acids is 2. The van der Waals surface area contributed by atoms with E-state index in [4.69, 9.17) is 0 Å². The molecular weight excluding hydrogens is 300 g/mol. The van der Waals surface area contributed by atoms with Crippen LogP contribution in [-0.4, -0.2) is 11.8 Å². The molecule has 0 bridgehead atoms. The highest BCUT2D eigenvalue weighted by Gasteiger charge is 2.25. The van der Waals surface area contributed by atoms with Crippen molar-refractivity contribution in [1.29, 1.82) is 0 Å². The Balaban J connectivity index is 1.59. The smallest absolute Gasteiger partial charge is 0.251 e. The van der Waals surface area contributed by atoms with Gasteiger partial charge in [-0.3, -0.25) is 9.59 Å². The monoisotopic (exact) mass is 322 g/mol. The molecule has 0 unspecified atom stereocenters. The van der Waals surface area contributed by atoms with Crippen molar-refractivity contribution in [1.82, 2.24) is 5.32 Å². The Labute approximate surface area is 142 Å². The summed E-state index contributed by atoms with van der Waals surface area (Å²) in [6, 6.07) is 15.1. The predicted molar refractivity (Wildman–Crippen MR) is 94.8 cm³/mol. The van der Waals surface area contributed by atoms with Gasteiger partial charge >= 0.3 is 0 Å². The second kappa shape index (κ2) is 7.30. The molecule has 0 aromatic heterocycles. The SMILES string of the molecule is Cc1ccccc1C(=O)NCc1cccc(NC(=O)C2CCC2)c1. The van der Waals surface area contributed by atoms with E-state index in [1.54, 1.807) is 0 Å². The van der Waals surface area contributed by atoms with Gasteiger partial charge in [-0.1, -0.05) is 36.8 Å². The van der Waals surface area contributed by atoms with E-state index >= 15 is 0 Å². The molecule has 124 valence electrons. The Bertz CT molecular complexity index is 751. The summed E-state index contributed by atoms with van der Waals surface area (Å²) in [5.41, 5.74) is 3.39. The Hall–Kier alpha value is -2.62. The van der Waals surface area contributed by atoms with Crippen LogP contribution in [0.2, 0.25) is 0 Å². The van der Waals surface area contributed by atoms with Crippen molar-refractivity contribution in [3.63, 3.8) is 0 Å². The lowest BCUT2D eigenvalue weighted by Crippen LogP contribution is -2.28. The molecule has 1 fully saturated rings. The fraction of sp³-hybridized carbons (Fsp3) is 0.300. The topological polar surface area (TPSA) is 58.2 Å². The summed E-state index contributed by atoms with van der Waals surface area (Å²) in [5.74, 6) is 0.175. The first-order valence-corrected chi connectivity index (χ1v) is 8.37. The summed E-state index contributed by atoms with van der Waals surface area (Å²) < 4.78 is 0. The lowest BCUT2D eigenvalue weighted by atomic mass is 9.85. The van der Waals surface area contributed by atoms with Crippen LogP contribution in [0.4, 0.5) is 5.69 Å². The van der Waals surface area contributed by atoms with Gasteiger partial charge in [-0.2, -0.15) is 0 Å². The average molecular weight is 322 g/mol. The zero-order chi connectivity index (χ0) is 16.9. The summed E-state index contributed by atoms with van der Waals surface area (Å²) in [6.45, 7) is 2.35. The summed E-state index contributed by atoms with van der Waals surface area (Å²) in [4.78, 5) is 24.3. The van der Waals surface area contributed by atoms with Crippen LogP contribution in [0.3, 0.4) is 0 Å². The van der Waals surface area contributed by atoms with Gasteiger partial charge in [0, 0.05) is 23.7 Å². The molecule has 2 aromatic rings. The van der Waals surface area contributed by atoms with E-state index in [-0.39, 0.29) is 17.7 Å². The number of anilines is 1. The molecule has 1 saturated carbocycles. The number of amides is 2. The molecule has 1 aliphatic carbocycles. The third kappa shape index (κ3) is 3.82. The van der Waals surface area contributed by atoms with Crippen LogP contribution in [0.1, 0.15) is 40.7 Å². The van der Waals surface area contributed by atoms with Crippen molar-refractivity contribution in [2.24, 2.45) is 5.92 Å². The summed E-state index contributed by atoms with van der Waals surface area (Å²) in [6.07, 6.45) is 3.11. The largest absolute Gasteiger partial charge is 0.348 e. The van der Waals surface area contributed by atoms with Gasteiger partial charge in [0.1, 0.15) is 0 Å². The lowest BCUT2D eigenvalue weighted by Gasteiger charge is -2.24. The maximum absolute atomic E-state index is 12.3. The van der Waals surface area contributed by atoms with Crippen LogP contribution in [0, 0.1) is 12.8 Å². The molecule has 2 aromatic carbocycles. The van der Waals surface area contributed by atoms with Crippen LogP contribution >= 0.6 is 0 Å². The molecule has 2 N–H and O–H groups in total. The fourth-order valence-electron chi connectivity index (χ4n) is 2.78. The highest BCUT2D eigenvalue weighted by molar-refractivity contribution is 5.95. The number of hydrogen-bond acceptors (Lipinski definition) is 2. The fourth-order valence-corrected chi connectivity index (χ4v) is 2.78. The van der Waals surface area contributed by atoms with Gasteiger partial charge < -0.3 is 10.6 Å². The first-order valence-electron chi connectivity index (χ1n) is 8.37. The standard InChI is InChI=1S/C20H22N2O2/c1-14-6-2-3-11-18(14)20(24)21-13-15-7-4-10-17(12-15)22-19(23)16-8-5-9-16/h2-4,6-7,10-12,16H,5,8-9,13H2,1H3,(H,21,24)(H,22,23). The molecule has 0 aliphatic heterocycles. The third-order valence-electron chi connectivity index (χ3n) is 4.51. The Morgan fingerprint density at radius 2 is 1.88 bits per heavy atom. The van der Waals surface area contributed by atoms with Crippen LogP contribution in [0.25, 0.3) is 0 Å². The zero-order valence-electron chi connectivity index (χ0n) is 13.8. The predicted octanol–water partition coefficient (Wildman–Crippen LogP) is 3.66. The van der Waals surface area contributed by atoms with Crippen molar-refractivity contribution in [3.8, 4) is 0 Å². The number of nitrogens with one attached hydrogen (secondary N) is 2. The van der Waals surface area contributed by atoms with Crippen molar-refractivity contribution in [2.75, 3.05) is 5.32 Å². The second-order valence-corrected chi connectivity index (χ2v) is 6.32. The highest BCUT2D eigenvalue weighted by Crippen LogP contribution is 2.27. The number of benzene rings is 2. The highest BCUT2D eigenvalue weighted by atomic mass is 16.2. The number of rotatable bonds is 5. The molecule has 0 spiro atoms. The van der Waals surface area contributed by atoms with Crippen LogP contribution in [0.5, 0.6) is 0 Å². The van der Waals surface area contributed by atoms with Crippen molar-refractivity contribution in [3.05, 3.63) is 65.2 Å². The first kappa shape index (κ1) is 16.2. The third-order valence-corrected chi connectivity index (χ3v) is 4.51. The van der Waals surface area contributed by atoms with Crippen molar-refractivity contribution >= 4 is 17.5 Å². The van der Waals surface area contributed by atoms with Crippen LogP contribution in [-0.2, 0) is 11.3 Å². The molecular formula is C20H22N2O2. The van der Waals surface area contributed by atoms with E-state index in [0.29, 0.717) is 12.1 Å². The number of hydrogen-bond donors (Lipinski definition) is 2. The minimum Gasteiger partial charge on any atom is -0.348 e. The Morgan fingerprint density at radius 3 is 2.58 bits per heavy atom. The van der Waals surface area contributed by atoms with Gasteiger partial charge in [0.15, 0.2) is 0 Å². The maximum atomic E-state index is 12.3. The van der Waals surface area contributed by atoms with E-state index in [9.17, 15) is 9.59 Å². The minimum atomic E-state index is -0.0861. The molecule has 3 rings (SSSR count). The molecule has 4 heteroatoms. The molecule has 24 heavy (non-hydrogen) atoms. The van der Waals surface area contributed by atoms with E-state index in [2.05, 4.69) is 10.6 Å². The van der Waals surface area contributed by atoms with E-state index in [0.717, 1.165) is 36.1 Å². The summed E-state index contributed by atoms with van der Waals surface area (Å²) in [5, 5.41) is 5.89. The summed E-state index contributed by atoms with van der Waals surface area (Å²) in [7, 11) is 0. The Morgan fingerprint density at radius 1 is 1.08 bits per heavy atom. The van der Waals surface area contributed by atoms with Gasteiger partial charge in [0.05, 0.1) is 0 Å². The molecule has 0 radical (unpaired) electrons. The van der Waals surface area contributed by atoms with Gasteiger partial charge in [-0.05, 0) is 49.1 Å².